The minimum absolute atomic E-state index is 0.109. The van der Waals surface area contributed by atoms with Crippen LogP contribution in [-0.4, -0.2) is 41.0 Å². The average molecular weight is 299 g/mol. The van der Waals surface area contributed by atoms with Gasteiger partial charge in [0, 0.05) is 30.1 Å². The molecule has 20 heavy (non-hydrogen) atoms. The molecule has 0 amide bonds. The molecule has 0 saturated heterocycles. The van der Waals surface area contributed by atoms with Crippen LogP contribution >= 0.6 is 11.6 Å². The summed E-state index contributed by atoms with van der Waals surface area (Å²) in [5.74, 6) is 1.61. The third-order valence-corrected chi connectivity index (χ3v) is 3.76. The summed E-state index contributed by atoms with van der Waals surface area (Å²) in [4.78, 5) is 11.3. The van der Waals surface area contributed by atoms with Gasteiger partial charge in [0.2, 0.25) is 0 Å². The zero-order valence-corrected chi connectivity index (χ0v) is 14.5. The molecule has 0 aromatic carbocycles. The van der Waals surface area contributed by atoms with Gasteiger partial charge in [0.25, 0.3) is 0 Å². The number of hydrogen-bond acceptors (Lipinski definition) is 4. The van der Waals surface area contributed by atoms with E-state index in [4.69, 9.17) is 11.6 Å². The van der Waals surface area contributed by atoms with Gasteiger partial charge in [0.15, 0.2) is 0 Å². The van der Waals surface area contributed by atoms with Crippen LogP contribution in [0.1, 0.15) is 46.0 Å². The van der Waals surface area contributed by atoms with Gasteiger partial charge in [-0.05, 0) is 27.8 Å². The fourth-order valence-electron chi connectivity index (χ4n) is 1.61. The average Bonchev–Trinajstić information content (AvgIpc) is 2.32. The van der Waals surface area contributed by atoms with Crippen molar-refractivity contribution < 1.29 is 0 Å². The van der Waals surface area contributed by atoms with Gasteiger partial charge >= 0.3 is 0 Å². The SMILES string of the molecule is Cc1c(Cl)nc(C(C)(C)C)nc1NCCN(C)C(C)C. The number of aromatic nitrogens is 2. The molecule has 0 fully saturated rings. The molecule has 0 aliphatic heterocycles. The van der Waals surface area contributed by atoms with Crippen LogP contribution in [0.4, 0.5) is 5.82 Å². The number of anilines is 1. The Bertz CT molecular complexity index is 452. The third-order valence-electron chi connectivity index (χ3n) is 3.40. The maximum Gasteiger partial charge on any atom is 0.137 e. The van der Waals surface area contributed by atoms with Crippen molar-refractivity contribution in [2.75, 3.05) is 25.5 Å². The molecule has 0 aliphatic carbocycles. The highest BCUT2D eigenvalue weighted by Crippen LogP contribution is 2.25. The van der Waals surface area contributed by atoms with E-state index < -0.39 is 0 Å². The first-order chi connectivity index (χ1) is 9.12. The normalized spacial score (nSPS) is 12.3. The second-order valence-corrected chi connectivity index (χ2v) is 6.92. The van der Waals surface area contributed by atoms with Crippen molar-refractivity contribution in [3.05, 3.63) is 16.5 Å². The van der Waals surface area contributed by atoms with Crippen LogP contribution in [0.25, 0.3) is 0 Å². The summed E-state index contributed by atoms with van der Waals surface area (Å²) < 4.78 is 0. The van der Waals surface area contributed by atoms with E-state index >= 15 is 0 Å². The summed E-state index contributed by atoms with van der Waals surface area (Å²) in [5, 5.41) is 3.91. The van der Waals surface area contributed by atoms with E-state index in [-0.39, 0.29) is 5.41 Å². The van der Waals surface area contributed by atoms with Gasteiger partial charge < -0.3 is 10.2 Å². The van der Waals surface area contributed by atoms with Crippen LogP contribution in [-0.2, 0) is 5.41 Å². The van der Waals surface area contributed by atoms with Crippen LogP contribution in [0.5, 0.6) is 0 Å². The molecular weight excluding hydrogens is 272 g/mol. The Hall–Kier alpha value is -0.870. The minimum Gasteiger partial charge on any atom is -0.368 e. The molecule has 0 atom stereocenters. The largest absolute Gasteiger partial charge is 0.368 e. The van der Waals surface area contributed by atoms with Crippen molar-refractivity contribution in [1.29, 1.82) is 0 Å². The lowest BCUT2D eigenvalue weighted by Gasteiger charge is -2.22. The fourth-order valence-corrected chi connectivity index (χ4v) is 1.78. The molecule has 0 radical (unpaired) electrons. The lowest BCUT2D eigenvalue weighted by molar-refractivity contribution is 0.284. The number of likely N-dealkylation sites (N-methyl/N-ethyl adjacent to an activating group) is 1. The monoisotopic (exact) mass is 298 g/mol. The van der Waals surface area contributed by atoms with E-state index in [1.165, 1.54) is 0 Å². The van der Waals surface area contributed by atoms with E-state index in [2.05, 4.69) is 61.9 Å². The minimum atomic E-state index is -0.109. The van der Waals surface area contributed by atoms with Gasteiger partial charge in [-0.15, -0.1) is 0 Å². The van der Waals surface area contributed by atoms with Crippen LogP contribution in [0, 0.1) is 6.92 Å². The van der Waals surface area contributed by atoms with Crippen molar-refractivity contribution in [2.24, 2.45) is 0 Å². The number of hydrogen-bond donors (Lipinski definition) is 1. The molecule has 0 unspecified atom stereocenters. The number of nitrogens with one attached hydrogen (secondary N) is 1. The summed E-state index contributed by atoms with van der Waals surface area (Å²) in [6, 6.07) is 0.539. The van der Waals surface area contributed by atoms with E-state index in [1.807, 2.05) is 6.92 Å². The van der Waals surface area contributed by atoms with E-state index in [0.29, 0.717) is 11.2 Å². The zero-order valence-electron chi connectivity index (χ0n) is 13.7. The predicted molar refractivity (Wildman–Crippen MR) is 86.7 cm³/mol. The Morgan fingerprint density at radius 3 is 2.35 bits per heavy atom. The standard InChI is InChI=1S/C15H27ClN4/c1-10(2)20(7)9-8-17-13-11(3)12(16)18-14(19-13)15(4,5)6/h10H,8-9H2,1-7H3,(H,17,18,19). The maximum absolute atomic E-state index is 6.22. The Labute approximate surface area is 127 Å². The lowest BCUT2D eigenvalue weighted by atomic mass is 9.95. The Balaban J connectivity index is 2.82. The van der Waals surface area contributed by atoms with Gasteiger partial charge in [-0.3, -0.25) is 0 Å². The zero-order chi connectivity index (χ0) is 15.5. The van der Waals surface area contributed by atoms with Crippen LogP contribution in [0.3, 0.4) is 0 Å². The quantitative estimate of drug-likeness (QED) is 0.845. The molecule has 0 aliphatic rings. The van der Waals surface area contributed by atoms with Gasteiger partial charge in [-0.2, -0.15) is 0 Å². The van der Waals surface area contributed by atoms with Crippen molar-refractivity contribution in [1.82, 2.24) is 14.9 Å². The van der Waals surface area contributed by atoms with Crippen molar-refractivity contribution in [3.63, 3.8) is 0 Å². The molecule has 1 aromatic rings. The molecule has 4 nitrogen and oxygen atoms in total. The highest BCUT2D eigenvalue weighted by atomic mass is 35.5. The summed E-state index contributed by atoms with van der Waals surface area (Å²) in [6.07, 6.45) is 0. The second kappa shape index (κ2) is 6.72. The predicted octanol–water partition coefficient (Wildman–Crippen LogP) is 3.49. The van der Waals surface area contributed by atoms with Crippen LogP contribution in [0.15, 0.2) is 0 Å². The second-order valence-electron chi connectivity index (χ2n) is 6.56. The smallest absolute Gasteiger partial charge is 0.137 e. The first kappa shape index (κ1) is 17.2. The Morgan fingerprint density at radius 2 is 1.85 bits per heavy atom. The molecule has 114 valence electrons. The lowest BCUT2D eigenvalue weighted by Crippen LogP contribution is -2.31. The molecule has 1 aromatic heterocycles. The van der Waals surface area contributed by atoms with Gasteiger partial charge in [0.05, 0.1) is 0 Å². The first-order valence-corrected chi connectivity index (χ1v) is 7.49. The van der Waals surface area contributed by atoms with E-state index in [9.17, 15) is 0 Å². The number of nitrogens with zero attached hydrogens (tertiary/aromatic N) is 3. The van der Waals surface area contributed by atoms with Gasteiger partial charge in [-0.1, -0.05) is 32.4 Å². The van der Waals surface area contributed by atoms with Gasteiger partial charge in [0.1, 0.15) is 16.8 Å². The summed E-state index contributed by atoms with van der Waals surface area (Å²) in [7, 11) is 2.12. The first-order valence-electron chi connectivity index (χ1n) is 7.11. The van der Waals surface area contributed by atoms with Crippen molar-refractivity contribution >= 4 is 17.4 Å². The molecule has 1 heterocycles. The maximum atomic E-state index is 6.22. The van der Waals surface area contributed by atoms with Crippen LogP contribution < -0.4 is 5.32 Å². The number of halogens is 1. The van der Waals surface area contributed by atoms with Crippen molar-refractivity contribution in [3.8, 4) is 0 Å². The molecule has 0 bridgehead atoms. The summed E-state index contributed by atoms with van der Waals surface area (Å²) in [5.41, 5.74) is 0.800. The fraction of sp³-hybridized carbons (Fsp3) is 0.733. The van der Waals surface area contributed by atoms with E-state index in [1.54, 1.807) is 0 Å². The summed E-state index contributed by atoms with van der Waals surface area (Å²) >= 11 is 6.22. The molecule has 0 saturated carbocycles. The van der Waals surface area contributed by atoms with Crippen molar-refractivity contribution in [2.45, 2.75) is 53.0 Å². The third kappa shape index (κ3) is 4.60. The highest BCUT2D eigenvalue weighted by molar-refractivity contribution is 6.30. The molecular formula is C15H27ClN4. The van der Waals surface area contributed by atoms with Gasteiger partial charge in [-0.25, -0.2) is 9.97 Å². The summed E-state index contributed by atoms with van der Waals surface area (Å²) in [6.45, 7) is 14.4. The molecule has 0 spiro atoms. The highest BCUT2D eigenvalue weighted by Gasteiger charge is 2.20. The topological polar surface area (TPSA) is 41.1 Å². The number of rotatable bonds is 5. The van der Waals surface area contributed by atoms with E-state index in [0.717, 1.165) is 30.3 Å². The van der Waals surface area contributed by atoms with Crippen LogP contribution in [0.2, 0.25) is 5.15 Å². The molecule has 1 N–H and O–H groups in total. The molecule has 5 heteroatoms. The Morgan fingerprint density at radius 1 is 1.25 bits per heavy atom. The molecule has 1 rings (SSSR count). The Kier molecular flexibility index (Phi) is 5.78.